The van der Waals surface area contributed by atoms with Gasteiger partial charge < -0.3 is 14.8 Å². The molecule has 0 saturated carbocycles. The van der Waals surface area contributed by atoms with Gasteiger partial charge in [0.05, 0.1) is 17.2 Å². The Balaban J connectivity index is 1.78. The monoisotopic (exact) mass is 301 g/mol. The first-order valence-electron chi connectivity index (χ1n) is 6.86. The molecule has 2 aliphatic rings. The molecule has 3 nitrogen and oxygen atoms in total. The van der Waals surface area contributed by atoms with Crippen LogP contribution in [0.4, 0.5) is 0 Å². The molecule has 3 atom stereocenters. The molecule has 0 aromatic carbocycles. The Hall–Kier alpha value is -0.130. The molecule has 1 aromatic rings. The highest BCUT2D eigenvalue weighted by Gasteiger charge is 2.43. The highest BCUT2D eigenvalue weighted by atomic mass is 35.5. The molecule has 2 saturated heterocycles. The Labute approximate surface area is 123 Å². The zero-order valence-electron chi connectivity index (χ0n) is 11.2. The molecular weight excluding hydrogens is 282 g/mol. The van der Waals surface area contributed by atoms with Gasteiger partial charge in [-0.2, -0.15) is 0 Å². The van der Waals surface area contributed by atoms with Crippen LogP contribution in [0.2, 0.25) is 5.02 Å². The predicted octanol–water partition coefficient (Wildman–Crippen LogP) is 3.25. The molecule has 1 spiro atoms. The van der Waals surface area contributed by atoms with Crippen LogP contribution in [0.5, 0.6) is 0 Å². The van der Waals surface area contributed by atoms with Gasteiger partial charge in [-0.05, 0) is 37.3 Å². The molecule has 3 unspecified atom stereocenters. The van der Waals surface area contributed by atoms with E-state index in [1.807, 2.05) is 13.1 Å². The van der Waals surface area contributed by atoms with Crippen molar-refractivity contribution in [2.24, 2.45) is 5.92 Å². The smallest absolute Gasteiger partial charge is 0.0940 e. The maximum absolute atomic E-state index is 6.30. The van der Waals surface area contributed by atoms with E-state index in [2.05, 4.69) is 10.7 Å². The molecule has 2 fully saturated rings. The standard InChI is InChI=1S/C14H20ClNO2S/c1-16-12(13-11(15)3-7-19-13)10-2-5-18-14(8-10)4-6-17-9-14/h3,7,10,12,16H,2,4-6,8-9H2,1H3. The Morgan fingerprint density at radius 1 is 1.53 bits per heavy atom. The fourth-order valence-electron chi connectivity index (χ4n) is 3.32. The second-order valence-electron chi connectivity index (χ2n) is 5.49. The Morgan fingerprint density at radius 3 is 3.05 bits per heavy atom. The molecule has 3 heterocycles. The van der Waals surface area contributed by atoms with Crippen LogP contribution < -0.4 is 5.32 Å². The van der Waals surface area contributed by atoms with Gasteiger partial charge in [0.25, 0.3) is 0 Å². The normalized spacial score (nSPS) is 32.8. The molecule has 0 radical (unpaired) electrons. The summed E-state index contributed by atoms with van der Waals surface area (Å²) in [6.07, 6.45) is 3.17. The minimum absolute atomic E-state index is 0.0399. The van der Waals surface area contributed by atoms with Crippen LogP contribution in [0.15, 0.2) is 11.4 Å². The zero-order valence-corrected chi connectivity index (χ0v) is 12.7. The van der Waals surface area contributed by atoms with Crippen molar-refractivity contribution >= 4 is 22.9 Å². The fourth-order valence-corrected chi connectivity index (χ4v) is 4.70. The van der Waals surface area contributed by atoms with E-state index in [1.165, 1.54) is 4.88 Å². The van der Waals surface area contributed by atoms with Crippen LogP contribution in [0.1, 0.15) is 30.2 Å². The van der Waals surface area contributed by atoms with Crippen LogP contribution in [0, 0.1) is 5.92 Å². The van der Waals surface area contributed by atoms with Gasteiger partial charge in [0.2, 0.25) is 0 Å². The van der Waals surface area contributed by atoms with Gasteiger partial charge in [-0.1, -0.05) is 11.6 Å². The lowest BCUT2D eigenvalue weighted by molar-refractivity contribution is -0.103. The van der Waals surface area contributed by atoms with Crippen molar-refractivity contribution in [1.82, 2.24) is 5.32 Å². The fraction of sp³-hybridized carbons (Fsp3) is 0.714. The molecule has 0 bridgehead atoms. The molecule has 5 heteroatoms. The van der Waals surface area contributed by atoms with Crippen molar-refractivity contribution in [2.45, 2.75) is 30.9 Å². The molecule has 1 aromatic heterocycles. The summed E-state index contributed by atoms with van der Waals surface area (Å²) in [7, 11) is 2.02. The number of thiophene rings is 1. The zero-order chi connectivity index (χ0) is 13.3. The summed E-state index contributed by atoms with van der Waals surface area (Å²) in [6, 6.07) is 2.31. The second-order valence-corrected chi connectivity index (χ2v) is 6.84. The lowest BCUT2D eigenvalue weighted by Gasteiger charge is -2.40. The van der Waals surface area contributed by atoms with Crippen LogP contribution in [0.3, 0.4) is 0 Å². The summed E-state index contributed by atoms with van der Waals surface area (Å²) in [5.41, 5.74) is -0.0399. The highest BCUT2D eigenvalue weighted by molar-refractivity contribution is 7.10. The van der Waals surface area contributed by atoms with Crippen LogP contribution in [0.25, 0.3) is 0 Å². The van der Waals surface area contributed by atoms with Crippen molar-refractivity contribution in [2.75, 3.05) is 26.9 Å². The van der Waals surface area contributed by atoms with E-state index in [4.69, 9.17) is 21.1 Å². The van der Waals surface area contributed by atoms with Crippen LogP contribution in [-0.4, -0.2) is 32.5 Å². The first kappa shape index (κ1) is 13.8. The van der Waals surface area contributed by atoms with E-state index >= 15 is 0 Å². The highest BCUT2D eigenvalue weighted by Crippen LogP contribution is 2.43. The van der Waals surface area contributed by atoms with Gasteiger partial charge in [0, 0.05) is 30.6 Å². The maximum atomic E-state index is 6.30. The van der Waals surface area contributed by atoms with E-state index in [0.29, 0.717) is 12.0 Å². The van der Waals surface area contributed by atoms with Crippen molar-refractivity contribution < 1.29 is 9.47 Å². The van der Waals surface area contributed by atoms with Gasteiger partial charge in [0.1, 0.15) is 0 Å². The molecule has 1 N–H and O–H groups in total. The minimum Gasteiger partial charge on any atom is -0.378 e. The number of nitrogens with one attached hydrogen (secondary N) is 1. The predicted molar refractivity (Wildman–Crippen MR) is 78.0 cm³/mol. The first-order valence-corrected chi connectivity index (χ1v) is 8.12. The Kier molecular flexibility index (Phi) is 4.15. The number of rotatable bonds is 3. The number of halogens is 1. The van der Waals surface area contributed by atoms with Gasteiger partial charge in [-0.3, -0.25) is 0 Å². The van der Waals surface area contributed by atoms with Gasteiger partial charge in [-0.25, -0.2) is 0 Å². The summed E-state index contributed by atoms with van der Waals surface area (Å²) >= 11 is 8.04. The van der Waals surface area contributed by atoms with E-state index in [1.54, 1.807) is 11.3 Å². The lowest BCUT2D eigenvalue weighted by Crippen LogP contribution is -2.43. The topological polar surface area (TPSA) is 30.5 Å². The van der Waals surface area contributed by atoms with E-state index in [-0.39, 0.29) is 5.60 Å². The Bertz CT molecular complexity index is 431. The SMILES string of the molecule is CNC(c1sccc1Cl)C1CCOC2(CCOC2)C1. The molecule has 0 amide bonds. The third-order valence-electron chi connectivity index (χ3n) is 4.31. The molecule has 2 aliphatic heterocycles. The summed E-state index contributed by atoms with van der Waals surface area (Å²) in [5, 5.41) is 6.40. The summed E-state index contributed by atoms with van der Waals surface area (Å²) in [6.45, 7) is 2.41. The van der Waals surface area contributed by atoms with Crippen LogP contribution in [-0.2, 0) is 9.47 Å². The van der Waals surface area contributed by atoms with Crippen molar-refractivity contribution in [3.8, 4) is 0 Å². The number of ether oxygens (including phenoxy) is 2. The van der Waals surface area contributed by atoms with Crippen molar-refractivity contribution in [3.63, 3.8) is 0 Å². The molecule has 106 valence electrons. The third kappa shape index (κ3) is 2.69. The van der Waals surface area contributed by atoms with Crippen LogP contribution >= 0.6 is 22.9 Å². The average Bonchev–Trinajstić information content (AvgIpc) is 3.02. The molecule has 0 aliphatic carbocycles. The summed E-state index contributed by atoms with van der Waals surface area (Å²) in [5.74, 6) is 0.566. The van der Waals surface area contributed by atoms with Crippen molar-refractivity contribution in [3.05, 3.63) is 21.3 Å². The quantitative estimate of drug-likeness (QED) is 0.929. The van der Waals surface area contributed by atoms with E-state index in [0.717, 1.165) is 44.1 Å². The van der Waals surface area contributed by atoms with E-state index in [9.17, 15) is 0 Å². The van der Waals surface area contributed by atoms with Gasteiger partial charge >= 0.3 is 0 Å². The molecule has 3 rings (SSSR count). The number of hydrogen-bond donors (Lipinski definition) is 1. The largest absolute Gasteiger partial charge is 0.378 e. The lowest BCUT2D eigenvalue weighted by atomic mass is 9.80. The first-order chi connectivity index (χ1) is 9.24. The third-order valence-corrected chi connectivity index (χ3v) is 5.75. The minimum atomic E-state index is -0.0399. The summed E-state index contributed by atoms with van der Waals surface area (Å²) < 4.78 is 11.6. The van der Waals surface area contributed by atoms with E-state index < -0.39 is 0 Å². The molecule has 19 heavy (non-hydrogen) atoms. The summed E-state index contributed by atoms with van der Waals surface area (Å²) in [4.78, 5) is 1.25. The van der Waals surface area contributed by atoms with Gasteiger partial charge in [-0.15, -0.1) is 11.3 Å². The maximum Gasteiger partial charge on any atom is 0.0940 e. The number of hydrogen-bond acceptors (Lipinski definition) is 4. The van der Waals surface area contributed by atoms with Gasteiger partial charge in [0.15, 0.2) is 0 Å². The molecular formula is C14H20ClNO2S. The average molecular weight is 302 g/mol. The van der Waals surface area contributed by atoms with Crippen molar-refractivity contribution in [1.29, 1.82) is 0 Å². The second kappa shape index (κ2) is 5.70. The Morgan fingerprint density at radius 2 is 2.42 bits per heavy atom.